The zero-order valence-corrected chi connectivity index (χ0v) is 18.9. The maximum atomic E-state index is 14.8. The van der Waals surface area contributed by atoms with Crippen molar-refractivity contribution in [2.24, 2.45) is 10.7 Å². The maximum Gasteiger partial charge on any atom is 0.534 e. The van der Waals surface area contributed by atoms with Gasteiger partial charge in [-0.3, -0.25) is 4.98 Å². The van der Waals surface area contributed by atoms with Gasteiger partial charge in [0.1, 0.15) is 28.6 Å². The van der Waals surface area contributed by atoms with Gasteiger partial charge in [0.25, 0.3) is 0 Å². The van der Waals surface area contributed by atoms with Gasteiger partial charge in [0.2, 0.25) is 0 Å². The molecule has 0 saturated heterocycles. The summed E-state index contributed by atoms with van der Waals surface area (Å²) >= 11 is 6.00. The highest BCUT2D eigenvalue weighted by Gasteiger charge is 2.49. The number of aliphatic imine (C=N–C) groups is 1. The molecule has 0 fully saturated rings. The van der Waals surface area contributed by atoms with Crippen molar-refractivity contribution in [3.05, 3.63) is 93.5 Å². The highest BCUT2D eigenvalue weighted by atomic mass is 35.5. The van der Waals surface area contributed by atoms with Crippen molar-refractivity contribution in [1.29, 1.82) is 0 Å². The molecule has 0 radical (unpaired) electrons. The van der Waals surface area contributed by atoms with Crippen LogP contribution in [0.25, 0.3) is 0 Å². The van der Waals surface area contributed by atoms with Crippen molar-refractivity contribution in [2.45, 2.75) is 17.2 Å². The lowest BCUT2D eigenvalue weighted by molar-refractivity contribution is -0.141. The molecule has 4 rings (SSSR count). The standard InChI is InChI=1S/C21H11ClF7N3O3S/c22-12-8-14-17(15(23)9-12)18(30)32-19(14,11-4-5-31-16(7-11)20(24,25)26)10-2-1-3-13(6-10)35-36(33,34)21(27,28)29/h1-9H,(H2,30,32). The largest absolute Gasteiger partial charge is 0.534 e. The molecule has 3 aromatic rings. The van der Waals surface area contributed by atoms with Crippen LogP contribution in [-0.2, 0) is 21.8 Å². The van der Waals surface area contributed by atoms with E-state index in [4.69, 9.17) is 17.3 Å². The van der Waals surface area contributed by atoms with Gasteiger partial charge in [-0.05, 0) is 47.5 Å². The van der Waals surface area contributed by atoms with Gasteiger partial charge in [0.05, 0.1) is 5.56 Å². The second-order valence-electron chi connectivity index (χ2n) is 7.46. The van der Waals surface area contributed by atoms with Crippen LogP contribution in [0.5, 0.6) is 5.75 Å². The minimum atomic E-state index is -6.09. The van der Waals surface area contributed by atoms with Crippen LogP contribution in [0.1, 0.15) is 27.9 Å². The fourth-order valence-electron chi connectivity index (χ4n) is 3.78. The number of hydrogen-bond donors (Lipinski definition) is 1. The molecule has 1 aromatic heterocycles. The van der Waals surface area contributed by atoms with Gasteiger partial charge >= 0.3 is 21.8 Å². The Morgan fingerprint density at radius 1 is 0.972 bits per heavy atom. The Kier molecular flexibility index (Phi) is 5.95. The number of nitrogens with zero attached hydrogens (tertiary/aromatic N) is 2. The molecule has 1 aliphatic heterocycles. The number of aromatic nitrogens is 1. The number of benzene rings is 2. The molecular formula is C21H11ClF7N3O3S. The van der Waals surface area contributed by atoms with E-state index in [0.29, 0.717) is 6.07 Å². The van der Waals surface area contributed by atoms with Gasteiger partial charge in [-0.1, -0.05) is 23.7 Å². The quantitative estimate of drug-likeness (QED) is 0.275. The number of pyridine rings is 1. The molecule has 2 heterocycles. The Bertz CT molecular complexity index is 1510. The zero-order valence-electron chi connectivity index (χ0n) is 17.3. The van der Waals surface area contributed by atoms with Crippen LogP contribution in [0.4, 0.5) is 30.7 Å². The van der Waals surface area contributed by atoms with Crippen molar-refractivity contribution in [3.8, 4) is 5.75 Å². The van der Waals surface area contributed by atoms with E-state index in [9.17, 15) is 39.2 Å². The number of alkyl halides is 6. The third-order valence-corrected chi connectivity index (χ3v) is 6.40. The van der Waals surface area contributed by atoms with E-state index < -0.39 is 50.4 Å². The molecule has 0 spiro atoms. The highest BCUT2D eigenvalue weighted by Crippen LogP contribution is 2.48. The van der Waals surface area contributed by atoms with Gasteiger partial charge < -0.3 is 9.92 Å². The SMILES string of the molecule is NC1=NC(c2cccc(OS(=O)(=O)C(F)(F)F)c2)(c2ccnc(C(F)(F)F)c2)c2cc(Cl)cc(F)c21. The average Bonchev–Trinajstić information content (AvgIpc) is 3.05. The summed E-state index contributed by atoms with van der Waals surface area (Å²) in [7, 11) is -6.09. The van der Waals surface area contributed by atoms with Crippen molar-refractivity contribution in [3.63, 3.8) is 0 Å². The molecule has 15 heteroatoms. The molecule has 1 unspecified atom stereocenters. The molecule has 2 aromatic carbocycles. The highest BCUT2D eigenvalue weighted by molar-refractivity contribution is 7.88. The molecular weight excluding hydrogens is 543 g/mol. The number of hydrogen-bond acceptors (Lipinski definition) is 6. The molecule has 0 bridgehead atoms. The fraction of sp³-hybridized carbons (Fsp3) is 0.143. The van der Waals surface area contributed by atoms with E-state index in [1.54, 1.807) is 0 Å². The molecule has 0 amide bonds. The summed E-state index contributed by atoms with van der Waals surface area (Å²) in [5.41, 5.74) is -4.17. The predicted octanol–water partition coefficient (Wildman–Crippen LogP) is 5.13. The van der Waals surface area contributed by atoms with Crippen LogP contribution < -0.4 is 9.92 Å². The second-order valence-corrected chi connectivity index (χ2v) is 9.43. The Labute approximate surface area is 203 Å². The van der Waals surface area contributed by atoms with Gasteiger partial charge in [0.15, 0.2) is 0 Å². The van der Waals surface area contributed by atoms with Crippen molar-refractivity contribution in [1.82, 2.24) is 4.98 Å². The molecule has 2 N–H and O–H groups in total. The first-order chi connectivity index (χ1) is 16.6. The van der Waals surface area contributed by atoms with E-state index in [-0.39, 0.29) is 27.3 Å². The summed E-state index contributed by atoms with van der Waals surface area (Å²) in [6.45, 7) is 0. The van der Waals surface area contributed by atoms with Gasteiger partial charge in [-0.25, -0.2) is 9.38 Å². The number of rotatable bonds is 4. The van der Waals surface area contributed by atoms with Crippen LogP contribution in [0.15, 0.2) is 59.7 Å². The first-order valence-corrected chi connectivity index (χ1v) is 11.3. The van der Waals surface area contributed by atoms with E-state index in [2.05, 4.69) is 14.2 Å². The summed E-state index contributed by atoms with van der Waals surface area (Å²) in [5, 5.41) is -0.183. The van der Waals surface area contributed by atoms with Crippen LogP contribution in [-0.4, -0.2) is 24.7 Å². The van der Waals surface area contributed by atoms with Crippen molar-refractivity contribution >= 4 is 27.6 Å². The van der Waals surface area contributed by atoms with E-state index >= 15 is 0 Å². The monoisotopic (exact) mass is 553 g/mol. The molecule has 190 valence electrons. The first kappa shape index (κ1) is 25.7. The normalized spacial score (nSPS) is 18.1. The fourth-order valence-corrected chi connectivity index (χ4v) is 4.44. The number of fused-ring (bicyclic) bond motifs is 1. The summed E-state index contributed by atoms with van der Waals surface area (Å²) < 4.78 is 121. The Morgan fingerprint density at radius 2 is 1.64 bits per heavy atom. The summed E-state index contributed by atoms with van der Waals surface area (Å²) in [6.07, 6.45) is -4.10. The lowest BCUT2D eigenvalue weighted by atomic mass is 9.77. The molecule has 0 aliphatic carbocycles. The van der Waals surface area contributed by atoms with E-state index in [1.807, 2.05) is 0 Å². The lowest BCUT2D eigenvalue weighted by Gasteiger charge is -2.30. The lowest BCUT2D eigenvalue weighted by Crippen LogP contribution is -2.29. The second kappa shape index (κ2) is 8.34. The predicted molar refractivity (Wildman–Crippen MR) is 113 cm³/mol. The smallest absolute Gasteiger partial charge is 0.383 e. The van der Waals surface area contributed by atoms with Crippen LogP contribution in [0.3, 0.4) is 0 Å². The van der Waals surface area contributed by atoms with Crippen molar-refractivity contribution < 1.29 is 43.3 Å². The topological polar surface area (TPSA) is 94.6 Å². The molecule has 1 atom stereocenters. The number of amidine groups is 1. The number of halogens is 8. The summed E-state index contributed by atoms with van der Waals surface area (Å²) in [4.78, 5) is 7.49. The average molecular weight is 554 g/mol. The maximum absolute atomic E-state index is 14.8. The zero-order chi connectivity index (χ0) is 26.7. The Balaban J connectivity index is 2.03. The molecule has 1 aliphatic rings. The van der Waals surface area contributed by atoms with Crippen LogP contribution >= 0.6 is 11.6 Å². The first-order valence-electron chi connectivity index (χ1n) is 9.56. The minimum Gasteiger partial charge on any atom is -0.383 e. The summed E-state index contributed by atoms with van der Waals surface area (Å²) in [5.74, 6) is -2.24. The number of nitrogens with two attached hydrogens (primary N) is 1. The Hall–Kier alpha value is -3.39. The molecule has 0 saturated carbocycles. The third kappa shape index (κ3) is 4.23. The van der Waals surface area contributed by atoms with Crippen LogP contribution in [0.2, 0.25) is 5.02 Å². The molecule has 36 heavy (non-hydrogen) atoms. The Morgan fingerprint density at radius 3 is 2.28 bits per heavy atom. The summed E-state index contributed by atoms with van der Waals surface area (Å²) in [6, 6.07) is 7.75. The van der Waals surface area contributed by atoms with Gasteiger partial charge in [0, 0.05) is 16.8 Å². The van der Waals surface area contributed by atoms with Gasteiger partial charge in [-0.2, -0.15) is 34.8 Å². The van der Waals surface area contributed by atoms with Crippen LogP contribution in [0, 0.1) is 5.82 Å². The van der Waals surface area contributed by atoms with Crippen molar-refractivity contribution in [2.75, 3.05) is 0 Å². The third-order valence-electron chi connectivity index (χ3n) is 5.20. The van der Waals surface area contributed by atoms with E-state index in [1.165, 1.54) is 12.1 Å². The van der Waals surface area contributed by atoms with Gasteiger partial charge in [-0.15, -0.1) is 0 Å². The minimum absolute atomic E-state index is 0.139. The molecule has 6 nitrogen and oxygen atoms in total. The van der Waals surface area contributed by atoms with E-state index in [0.717, 1.165) is 36.5 Å².